The molecule has 0 aliphatic rings. The van der Waals surface area contributed by atoms with Crippen molar-refractivity contribution >= 4 is 28.8 Å². The quantitative estimate of drug-likeness (QED) is 0.465. The summed E-state index contributed by atoms with van der Waals surface area (Å²) in [4.78, 5) is 45.2. The summed E-state index contributed by atoms with van der Waals surface area (Å²) in [5.41, 5.74) is -0.824. The molecule has 0 aliphatic carbocycles. The van der Waals surface area contributed by atoms with E-state index in [1.807, 2.05) is 25.1 Å². The van der Waals surface area contributed by atoms with Crippen molar-refractivity contribution in [3.63, 3.8) is 0 Å². The van der Waals surface area contributed by atoms with Gasteiger partial charge in [-0.25, -0.2) is 18.7 Å². The molecule has 0 atom stereocenters. The summed E-state index contributed by atoms with van der Waals surface area (Å²) in [5, 5.41) is 3.94. The number of aromatic amines is 1. The van der Waals surface area contributed by atoms with Gasteiger partial charge in [0.05, 0.1) is 22.9 Å². The van der Waals surface area contributed by atoms with Gasteiger partial charge in [-0.1, -0.05) is 41.9 Å². The van der Waals surface area contributed by atoms with Crippen LogP contribution in [-0.4, -0.2) is 20.4 Å². The number of carbonyl (C=O) groups is 1. The van der Waals surface area contributed by atoms with Gasteiger partial charge in [-0.2, -0.15) is 0 Å². The molecule has 0 aliphatic heterocycles. The van der Waals surface area contributed by atoms with Crippen LogP contribution in [0.15, 0.2) is 64.3 Å². The van der Waals surface area contributed by atoms with Crippen LogP contribution < -0.4 is 16.6 Å². The third kappa shape index (κ3) is 4.12. The molecule has 0 spiro atoms. The molecule has 2 aromatic heterocycles. The Hall–Kier alpha value is -3.56. The van der Waals surface area contributed by atoms with Crippen LogP contribution in [0.5, 0.6) is 0 Å². The third-order valence-electron chi connectivity index (χ3n) is 4.72. The lowest BCUT2D eigenvalue weighted by atomic mass is 10.2. The largest absolute Gasteiger partial charge is 0.347 e. The van der Waals surface area contributed by atoms with Crippen molar-refractivity contribution in [2.75, 3.05) is 0 Å². The highest BCUT2D eigenvalue weighted by atomic mass is 35.5. The predicted molar refractivity (Wildman–Crippen MR) is 121 cm³/mol. The van der Waals surface area contributed by atoms with Crippen LogP contribution in [0.2, 0.25) is 5.02 Å². The van der Waals surface area contributed by atoms with Gasteiger partial charge < -0.3 is 10.3 Å². The summed E-state index contributed by atoms with van der Waals surface area (Å²) in [6.07, 6.45) is 1.02. The highest BCUT2D eigenvalue weighted by Gasteiger charge is 2.18. The van der Waals surface area contributed by atoms with Gasteiger partial charge in [0.25, 0.3) is 11.5 Å². The maximum Gasteiger partial charge on any atom is 0.333 e. The van der Waals surface area contributed by atoms with E-state index in [1.54, 1.807) is 6.07 Å². The summed E-state index contributed by atoms with van der Waals surface area (Å²) in [6.45, 7) is 1.93. The van der Waals surface area contributed by atoms with Crippen molar-refractivity contribution in [3.05, 3.63) is 103 Å². The van der Waals surface area contributed by atoms with Crippen LogP contribution in [0.3, 0.4) is 0 Å². The Bertz CT molecular complexity index is 1440. The Morgan fingerprint density at radius 2 is 1.91 bits per heavy atom. The third-order valence-corrected chi connectivity index (χ3v) is 6.24. The molecule has 0 unspecified atom stereocenters. The zero-order chi connectivity index (χ0) is 22.8. The number of para-hydroxylation sites is 1. The summed E-state index contributed by atoms with van der Waals surface area (Å²) in [5.74, 6) is -1.46. The molecule has 32 heavy (non-hydrogen) atoms. The minimum absolute atomic E-state index is 0.116. The number of halogens is 2. The first-order valence-corrected chi connectivity index (χ1v) is 10.7. The van der Waals surface area contributed by atoms with Crippen molar-refractivity contribution in [1.29, 1.82) is 0 Å². The van der Waals surface area contributed by atoms with Crippen LogP contribution in [0.25, 0.3) is 16.3 Å². The van der Waals surface area contributed by atoms with Crippen molar-refractivity contribution in [2.45, 2.75) is 13.5 Å². The fraction of sp³-hybridized carbons (Fsp3) is 0.0909. The predicted octanol–water partition coefficient (Wildman–Crippen LogP) is 3.68. The number of benzene rings is 2. The molecule has 0 saturated heterocycles. The van der Waals surface area contributed by atoms with Gasteiger partial charge >= 0.3 is 5.69 Å². The number of hydrogen-bond acceptors (Lipinski definition) is 5. The SMILES string of the molecule is Cc1nc(-c2ccccc2Cl)sc1CNC(=O)c1c[nH]c(=O)n(-c2ccccc2F)c1=O. The van der Waals surface area contributed by atoms with Crippen molar-refractivity contribution in [3.8, 4) is 16.3 Å². The van der Waals surface area contributed by atoms with E-state index in [-0.39, 0.29) is 17.8 Å². The van der Waals surface area contributed by atoms with Gasteiger partial charge in [0.15, 0.2) is 0 Å². The number of aromatic nitrogens is 3. The van der Waals surface area contributed by atoms with Gasteiger partial charge in [0, 0.05) is 16.6 Å². The number of carbonyl (C=O) groups excluding carboxylic acids is 1. The summed E-state index contributed by atoms with van der Waals surface area (Å²) >= 11 is 7.61. The summed E-state index contributed by atoms with van der Waals surface area (Å²) in [6, 6.07) is 12.6. The van der Waals surface area contributed by atoms with E-state index in [2.05, 4.69) is 15.3 Å². The number of amides is 1. The smallest absolute Gasteiger partial charge is 0.333 e. The number of hydrogen-bond donors (Lipinski definition) is 2. The molecule has 0 saturated carbocycles. The van der Waals surface area contributed by atoms with E-state index >= 15 is 0 Å². The fourth-order valence-electron chi connectivity index (χ4n) is 3.09. The monoisotopic (exact) mass is 470 g/mol. The molecule has 0 fully saturated rings. The van der Waals surface area contributed by atoms with E-state index in [1.165, 1.54) is 29.5 Å². The number of aryl methyl sites for hydroxylation is 1. The Kier molecular flexibility index (Phi) is 6.02. The van der Waals surface area contributed by atoms with Crippen molar-refractivity contribution in [1.82, 2.24) is 19.9 Å². The molecular formula is C22H16ClFN4O3S. The Balaban J connectivity index is 1.59. The van der Waals surface area contributed by atoms with Crippen LogP contribution >= 0.6 is 22.9 Å². The molecule has 162 valence electrons. The maximum absolute atomic E-state index is 14.1. The number of rotatable bonds is 5. The minimum Gasteiger partial charge on any atom is -0.347 e. The first-order chi connectivity index (χ1) is 15.4. The van der Waals surface area contributed by atoms with Crippen LogP contribution in [0.4, 0.5) is 4.39 Å². The van der Waals surface area contributed by atoms with E-state index in [0.717, 1.165) is 28.4 Å². The van der Waals surface area contributed by atoms with Crippen molar-refractivity contribution < 1.29 is 9.18 Å². The average molecular weight is 471 g/mol. The lowest BCUT2D eigenvalue weighted by Gasteiger charge is -2.08. The summed E-state index contributed by atoms with van der Waals surface area (Å²) < 4.78 is 14.7. The minimum atomic E-state index is -0.922. The lowest BCUT2D eigenvalue weighted by Crippen LogP contribution is -2.39. The Labute approximate surface area is 190 Å². The molecule has 2 heterocycles. The van der Waals surface area contributed by atoms with E-state index in [9.17, 15) is 18.8 Å². The first kappa shape index (κ1) is 21.7. The molecule has 0 radical (unpaired) electrons. The van der Waals surface area contributed by atoms with Crippen LogP contribution in [0.1, 0.15) is 20.9 Å². The molecule has 4 aromatic rings. The molecule has 2 aromatic carbocycles. The lowest BCUT2D eigenvalue weighted by molar-refractivity contribution is 0.0949. The standard InChI is InChI=1S/C22H16ClFN4O3S/c1-12-18(32-20(27-12)13-6-2-3-7-15(13)23)11-25-19(29)14-10-26-22(31)28(21(14)30)17-9-5-4-8-16(17)24/h2-10H,11H2,1H3,(H,25,29)(H,26,31). The number of thiazole rings is 1. The molecule has 4 rings (SSSR count). The fourth-order valence-corrected chi connectivity index (χ4v) is 4.41. The number of nitrogens with one attached hydrogen (secondary N) is 2. The zero-order valence-electron chi connectivity index (χ0n) is 16.7. The number of nitrogens with zero attached hydrogens (tertiary/aromatic N) is 2. The van der Waals surface area contributed by atoms with Gasteiger partial charge in [0.2, 0.25) is 0 Å². The highest BCUT2D eigenvalue weighted by molar-refractivity contribution is 7.15. The molecular weight excluding hydrogens is 455 g/mol. The molecule has 10 heteroatoms. The van der Waals surface area contributed by atoms with Crippen molar-refractivity contribution in [2.24, 2.45) is 0 Å². The second-order valence-corrected chi connectivity index (χ2v) is 8.28. The highest BCUT2D eigenvalue weighted by Crippen LogP contribution is 2.32. The number of H-pyrrole nitrogens is 1. The maximum atomic E-state index is 14.1. The van der Waals surface area contributed by atoms with E-state index in [4.69, 9.17) is 11.6 Å². The molecule has 7 nitrogen and oxygen atoms in total. The second-order valence-electron chi connectivity index (χ2n) is 6.79. The van der Waals surface area contributed by atoms with Gasteiger partial charge in [-0.15, -0.1) is 11.3 Å². The van der Waals surface area contributed by atoms with Crippen LogP contribution in [-0.2, 0) is 6.54 Å². The Morgan fingerprint density at radius 1 is 1.19 bits per heavy atom. The normalized spacial score (nSPS) is 10.8. The van der Waals surface area contributed by atoms with Gasteiger partial charge in [0.1, 0.15) is 16.4 Å². The zero-order valence-corrected chi connectivity index (χ0v) is 18.3. The molecule has 0 bridgehead atoms. The molecule has 1 amide bonds. The molecule has 2 N–H and O–H groups in total. The second kappa shape index (κ2) is 8.89. The average Bonchev–Trinajstić information content (AvgIpc) is 3.14. The van der Waals surface area contributed by atoms with Gasteiger partial charge in [-0.05, 0) is 25.1 Å². The topological polar surface area (TPSA) is 96.8 Å². The summed E-state index contributed by atoms with van der Waals surface area (Å²) in [7, 11) is 0. The van der Waals surface area contributed by atoms with Gasteiger partial charge in [-0.3, -0.25) is 9.59 Å². The Morgan fingerprint density at radius 3 is 2.66 bits per heavy atom. The van der Waals surface area contributed by atoms with E-state index in [0.29, 0.717) is 14.6 Å². The van der Waals surface area contributed by atoms with Crippen LogP contribution in [0, 0.1) is 12.7 Å². The van der Waals surface area contributed by atoms with E-state index < -0.39 is 23.0 Å². The first-order valence-electron chi connectivity index (χ1n) is 9.46.